The summed E-state index contributed by atoms with van der Waals surface area (Å²) < 4.78 is 6.20. The van der Waals surface area contributed by atoms with Crippen molar-refractivity contribution >= 4 is 28.6 Å². The summed E-state index contributed by atoms with van der Waals surface area (Å²) in [6.45, 7) is 0. The SMILES string of the molecule is O=C(O)c1ccccc1Oc1ncc(I)cn1. The fourth-order valence-electron chi connectivity index (χ4n) is 1.18. The normalized spacial score (nSPS) is 9.94. The maximum atomic E-state index is 10.9. The molecule has 1 heterocycles. The molecule has 1 N–H and O–H groups in total. The van der Waals surface area contributed by atoms with Crippen LogP contribution in [0, 0.1) is 3.57 Å². The number of benzene rings is 1. The standard InChI is InChI=1S/C11H7IN2O3/c12-7-5-13-11(14-6-7)17-9-4-2-1-3-8(9)10(15)16/h1-6H,(H,15,16). The zero-order chi connectivity index (χ0) is 12.3. The fourth-order valence-corrected chi connectivity index (χ4v) is 1.46. The Balaban J connectivity index is 2.30. The van der Waals surface area contributed by atoms with Gasteiger partial charge in [-0.2, -0.15) is 0 Å². The Kier molecular flexibility index (Phi) is 3.52. The van der Waals surface area contributed by atoms with E-state index in [0.29, 0.717) is 0 Å². The summed E-state index contributed by atoms with van der Waals surface area (Å²) in [4.78, 5) is 18.8. The quantitative estimate of drug-likeness (QED) is 0.868. The van der Waals surface area contributed by atoms with E-state index in [9.17, 15) is 4.79 Å². The molecule has 2 aromatic rings. The van der Waals surface area contributed by atoms with Crippen molar-refractivity contribution in [3.05, 3.63) is 45.8 Å². The molecule has 2 rings (SSSR count). The number of carboxylic acids is 1. The Morgan fingerprint density at radius 1 is 1.24 bits per heavy atom. The number of hydrogen-bond donors (Lipinski definition) is 1. The van der Waals surface area contributed by atoms with Crippen molar-refractivity contribution in [2.75, 3.05) is 0 Å². The van der Waals surface area contributed by atoms with Gasteiger partial charge in [-0.15, -0.1) is 0 Å². The summed E-state index contributed by atoms with van der Waals surface area (Å²) in [6, 6.07) is 6.47. The number of aromatic nitrogens is 2. The smallest absolute Gasteiger partial charge is 0.339 e. The average Bonchev–Trinajstić information content (AvgIpc) is 2.32. The number of rotatable bonds is 3. The summed E-state index contributed by atoms with van der Waals surface area (Å²) in [7, 11) is 0. The molecule has 6 heteroatoms. The second-order valence-electron chi connectivity index (χ2n) is 3.09. The van der Waals surface area contributed by atoms with Gasteiger partial charge in [0, 0.05) is 16.0 Å². The molecule has 0 bridgehead atoms. The highest BCUT2D eigenvalue weighted by Gasteiger charge is 2.11. The first kappa shape index (κ1) is 11.8. The lowest BCUT2D eigenvalue weighted by Gasteiger charge is -2.06. The van der Waals surface area contributed by atoms with Gasteiger partial charge < -0.3 is 9.84 Å². The van der Waals surface area contributed by atoms with Crippen molar-refractivity contribution in [1.82, 2.24) is 9.97 Å². The lowest BCUT2D eigenvalue weighted by atomic mass is 10.2. The lowest BCUT2D eigenvalue weighted by Crippen LogP contribution is -2.01. The minimum Gasteiger partial charge on any atom is -0.478 e. The molecule has 0 aliphatic carbocycles. The molecule has 86 valence electrons. The first-order valence-electron chi connectivity index (χ1n) is 4.64. The van der Waals surface area contributed by atoms with Crippen molar-refractivity contribution in [2.24, 2.45) is 0 Å². The molecular weight excluding hydrogens is 335 g/mol. The molecule has 0 saturated heterocycles. The molecule has 0 saturated carbocycles. The van der Waals surface area contributed by atoms with E-state index in [4.69, 9.17) is 9.84 Å². The largest absolute Gasteiger partial charge is 0.478 e. The van der Waals surface area contributed by atoms with Crippen molar-refractivity contribution in [3.63, 3.8) is 0 Å². The summed E-state index contributed by atoms with van der Waals surface area (Å²) in [6.07, 6.45) is 3.18. The van der Waals surface area contributed by atoms with Gasteiger partial charge in [0.2, 0.25) is 0 Å². The molecule has 0 aliphatic rings. The van der Waals surface area contributed by atoms with E-state index in [1.54, 1.807) is 30.6 Å². The Hall–Kier alpha value is -1.70. The number of ether oxygens (including phenoxy) is 1. The number of carboxylic acid groups (broad SMARTS) is 1. The zero-order valence-corrected chi connectivity index (χ0v) is 10.7. The van der Waals surface area contributed by atoms with Crippen LogP contribution >= 0.6 is 22.6 Å². The number of aromatic carboxylic acids is 1. The molecule has 1 aromatic heterocycles. The molecule has 0 unspecified atom stereocenters. The monoisotopic (exact) mass is 342 g/mol. The van der Waals surface area contributed by atoms with Gasteiger partial charge in [0.05, 0.1) is 0 Å². The van der Waals surface area contributed by atoms with Crippen LogP contribution in [0.25, 0.3) is 0 Å². The molecule has 0 atom stereocenters. The van der Waals surface area contributed by atoms with E-state index < -0.39 is 5.97 Å². The van der Waals surface area contributed by atoms with E-state index in [2.05, 4.69) is 32.6 Å². The van der Waals surface area contributed by atoms with Crippen LogP contribution in [0.2, 0.25) is 0 Å². The van der Waals surface area contributed by atoms with E-state index in [0.717, 1.165) is 3.57 Å². The number of hydrogen-bond acceptors (Lipinski definition) is 4. The number of nitrogens with zero attached hydrogens (tertiary/aromatic N) is 2. The molecule has 0 aliphatic heterocycles. The minimum absolute atomic E-state index is 0.0784. The first-order chi connectivity index (χ1) is 8.16. The molecule has 0 spiro atoms. The molecule has 1 aromatic carbocycles. The van der Waals surface area contributed by atoms with Gasteiger partial charge in [0.1, 0.15) is 11.3 Å². The van der Waals surface area contributed by atoms with E-state index >= 15 is 0 Å². The predicted octanol–water partition coefficient (Wildman–Crippen LogP) is 2.57. The molecule has 0 amide bonds. The average molecular weight is 342 g/mol. The maximum absolute atomic E-state index is 10.9. The number of para-hydroxylation sites is 1. The van der Waals surface area contributed by atoms with Crippen LogP contribution in [0.4, 0.5) is 0 Å². The van der Waals surface area contributed by atoms with Gasteiger partial charge in [-0.25, -0.2) is 14.8 Å². The Morgan fingerprint density at radius 2 is 1.88 bits per heavy atom. The summed E-state index contributed by atoms with van der Waals surface area (Å²) in [5.74, 6) is -0.827. The molecule has 0 fully saturated rings. The van der Waals surface area contributed by atoms with Crippen molar-refractivity contribution < 1.29 is 14.6 Å². The van der Waals surface area contributed by atoms with Gasteiger partial charge in [-0.1, -0.05) is 12.1 Å². The molecule has 17 heavy (non-hydrogen) atoms. The van der Waals surface area contributed by atoms with Gasteiger partial charge >= 0.3 is 12.0 Å². The summed E-state index contributed by atoms with van der Waals surface area (Å²) in [5, 5.41) is 8.97. The summed E-state index contributed by atoms with van der Waals surface area (Å²) >= 11 is 2.07. The predicted molar refractivity (Wildman–Crippen MR) is 68.2 cm³/mol. The van der Waals surface area contributed by atoms with Crippen LogP contribution in [0.15, 0.2) is 36.7 Å². The third-order valence-electron chi connectivity index (χ3n) is 1.92. The van der Waals surface area contributed by atoms with Crippen LogP contribution in [-0.4, -0.2) is 21.0 Å². The van der Waals surface area contributed by atoms with E-state index in [1.165, 1.54) is 6.07 Å². The van der Waals surface area contributed by atoms with Crippen LogP contribution < -0.4 is 4.74 Å². The Bertz CT molecular complexity index is 543. The summed E-state index contributed by atoms with van der Waals surface area (Å²) in [5.41, 5.74) is 0.0784. The number of halogens is 1. The van der Waals surface area contributed by atoms with Crippen LogP contribution in [-0.2, 0) is 0 Å². The third kappa shape index (κ3) is 2.90. The van der Waals surface area contributed by atoms with Crippen LogP contribution in [0.3, 0.4) is 0 Å². The van der Waals surface area contributed by atoms with Crippen molar-refractivity contribution in [1.29, 1.82) is 0 Å². The lowest BCUT2D eigenvalue weighted by molar-refractivity contribution is 0.0694. The second kappa shape index (κ2) is 5.09. The highest BCUT2D eigenvalue weighted by Crippen LogP contribution is 2.22. The number of carbonyl (C=O) groups is 1. The molecular formula is C11H7IN2O3. The van der Waals surface area contributed by atoms with Gasteiger partial charge in [-0.3, -0.25) is 0 Å². The maximum Gasteiger partial charge on any atom is 0.339 e. The second-order valence-corrected chi connectivity index (χ2v) is 4.33. The van der Waals surface area contributed by atoms with Crippen LogP contribution in [0.5, 0.6) is 11.8 Å². The van der Waals surface area contributed by atoms with E-state index in [-0.39, 0.29) is 17.3 Å². The van der Waals surface area contributed by atoms with Crippen LogP contribution in [0.1, 0.15) is 10.4 Å². The first-order valence-corrected chi connectivity index (χ1v) is 5.72. The topological polar surface area (TPSA) is 72.3 Å². The molecule has 0 radical (unpaired) electrons. The Labute approximate surface area is 111 Å². The van der Waals surface area contributed by atoms with Crippen molar-refractivity contribution in [2.45, 2.75) is 0 Å². The van der Waals surface area contributed by atoms with Crippen molar-refractivity contribution in [3.8, 4) is 11.8 Å². The highest BCUT2D eigenvalue weighted by atomic mass is 127. The molecule has 5 nitrogen and oxygen atoms in total. The highest BCUT2D eigenvalue weighted by molar-refractivity contribution is 14.1. The minimum atomic E-state index is -1.05. The van der Waals surface area contributed by atoms with Gasteiger partial charge in [0.15, 0.2) is 0 Å². The fraction of sp³-hybridized carbons (Fsp3) is 0. The Morgan fingerprint density at radius 3 is 2.53 bits per heavy atom. The third-order valence-corrected chi connectivity index (χ3v) is 2.47. The van der Waals surface area contributed by atoms with Gasteiger partial charge in [-0.05, 0) is 34.7 Å². The zero-order valence-electron chi connectivity index (χ0n) is 8.50. The van der Waals surface area contributed by atoms with E-state index in [1.807, 2.05) is 0 Å². The van der Waals surface area contributed by atoms with Gasteiger partial charge in [0.25, 0.3) is 0 Å².